The highest BCUT2D eigenvalue weighted by atomic mass is 16.5. The summed E-state index contributed by atoms with van der Waals surface area (Å²) in [5.41, 5.74) is 6.65. The Labute approximate surface area is 106 Å². The Morgan fingerprint density at radius 2 is 2.33 bits per heavy atom. The number of amides is 1. The van der Waals surface area contributed by atoms with Gasteiger partial charge in [-0.3, -0.25) is 4.79 Å². The van der Waals surface area contributed by atoms with Crippen LogP contribution in [-0.2, 0) is 9.53 Å². The summed E-state index contributed by atoms with van der Waals surface area (Å²) in [7, 11) is 0. The topological polar surface area (TPSA) is 84.6 Å². The van der Waals surface area contributed by atoms with Crippen molar-refractivity contribution in [2.45, 2.75) is 13.3 Å². The van der Waals surface area contributed by atoms with Crippen molar-refractivity contribution in [3.8, 4) is 5.75 Å². The minimum Gasteiger partial charge on any atom is -0.508 e. The van der Waals surface area contributed by atoms with Gasteiger partial charge in [0.25, 0.3) is 0 Å². The van der Waals surface area contributed by atoms with Crippen molar-refractivity contribution >= 4 is 17.3 Å². The molecule has 0 aromatic heterocycles. The predicted molar refractivity (Wildman–Crippen MR) is 69.2 cm³/mol. The van der Waals surface area contributed by atoms with Crippen LogP contribution in [0.1, 0.15) is 13.3 Å². The first-order valence-corrected chi connectivity index (χ1v) is 6.05. The molecule has 0 bridgehead atoms. The SMILES string of the molecule is CC1COCCC1C(=O)Nc1cc(O)ccc1N. The molecule has 1 aliphatic heterocycles. The molecule has 0 saturated carbocycles. The lowest BCUT2D eigenvalue weighted by molar-refractivity contribution is -0.125. The van der Waals surface area contributed by atoms with Gasteiger partial charge in [0.05, 0.1) is 11.4 Å². The van der Waals surface area contributed by atoms with E-state index in [0.717, 1.165) is 0 Å². The van der Waals surface area contributed by atoms with Crippen molar-refractivity contribution < 1.29 is 14.6 Å². The first-order chi connectivity index (χ1) is 8.58. The normalized spacial score (nSPS) is 23.6. The molecule has 0 aliphatic carbocycles. The highest BCUT2D eigenvalue weighted by molar-refractivity contribution is 5.95. The number of nitrogens with one attached hydrogen (secondary N) is 1. The number of nitrogen functional groups attached to an aromatic ring is 1. The number of carbonyl (C=O) groups is 1. The minimum atomic E-state index is -0.0690. The molecule has 0 radical (unpaired) electrons. The van der Waals surface area contributed by atoms with E-state index in [1.165, 1.54) is 12.1 Å². The Kier molecular flexibility index (Phi) is 3.72. The number of phenols is 1. The fraction of sp³-hybridized carbons (Fsp3) is 0.462. The van der Waals surface area contributed by atoms with Gasteiger partial charge in [0, 0.05) is 25.2 Å². The molecule has 0 spiro atoms. The summed E-state index contributed by atoms with van der Waals surface area (Å²) < 4.78 is 5.31. The van der Waals surface area contributed by atoms with Gasteiger partial charge in [-0.2, -0.15) is 0 Å². The molecule has 1 heterocycles. The van der Waals surface area contributed by atoms with Crippen molar-refractivity contribution in [1.82, 2.24) is 0 Å². The molecule has 2 unspecified atom stereocenters. The third-order valence-corrected chi connectivity index (χ3v) is 3.27. The van der Waals surface area contributed by atoms with E-state index in [2.05, 4.69) is 5.32 Å². The highest BCUT2D eigenvalue weighted by Gasteiger charge is 2.28. The van der Waals surface area contributed by atoms with Crippen LogP contribution < -0.4 is 11.1 Å². The number of benzene rings is 1. The van der Waals surface area contributed by atoms with Gasteiger partial charge in [-0.1, -0.05) is 6.92 Å². The predicted octanol–water partition coefficient (Wildman–Crippen LogP) is 1.59. The van der Waals surface area contributed by atoms with Crippen LogP contribution in [0.2, 0.25) is 0 Å². The van der Waals surface area contributed by atoms with Crippen LogP contribution >= 0.6 is 0 Å². The van der Waals surface area contributed by atoms with E-state index < -0.39 is 0 Å². The lowest BCUT2D eigenvalue weighted by Crippen LogP contribution is -2.35. The van der Waals surface area contributed by atoms with Gasteiger partial charge in [-0.05, 0) is 24.5 Å². The number of anilines is 2. The van der Waals surface area contributed by atoms with Crippen molar-refractivity contribution in [1.29, 1.82) is 0 Å². The molecule has 1 aromatic rings. The molecule has 4 N–H and O–H groups in total. The highest BCUT2D eigenvalue weighted by Crippen LogP contribution is 2.27. The molecule has 1 saturated heterocycles. The Balaban J connectivity index is 2.08. The summed E-state index contributed by atoms with van der Waals surface area (Å²) in [5.74, 6) is 0.139. The molecule has 1 fully saturated rings. The van der Waals surface area contributed by atoms with Gasteiger partial charge in [0.15, 0.2) is 0 Å². The van der Waals surface area contributed by atoms with E-state index >= 15 is 0 Å². The third kappa shape index (κ3) is 2.73. The fourth-order valence-corrected chi connectivity index (χ4v) is 2.15. The summed E-state index contributed by atoms with van der Waals surface area (Å²) in [6.07, 6.45) is 0.714. The molecule has 18 heavy (non-hydrogen) atoms. The number of hydrogen-bond donors (Lipinski definition) is 3. The standard InChI is InChI=1S/C13H18N2O3/c1-8-7-18-5-4-10(8)13(17)15-12-6-9(16)2-3-11(12)14/h2-3,6,8,10,16H,4-5,7,14H2,1H3,(H,15,17). The molecule has 2 rings (SSSR count). The van der Waals surface area contributed by atoms with E-state index in [-0.39, 0.29) is 23.5 Å². The maximum atomic E-state index is 12.1. The first kappa shape index (κ1) is 12.7. The minimum absolute atomic E-state index is 0.0666. The number of rotatable bonds is 2. The van der Waals surface area contributed by atoms with Gasteiger partial charge in [-0.15, -0.1) is 0 Å². The molecule has 2 atom stereocenters. The Bertz CT molecular complexity index is 448. The molecule has 1 aromatic carbocycles. The number of phenolic OH excluding ortho intramolecular Hbond substituents is 1. The van der Waals surface area contributed by atoms with Crippen LogP contribution in [0.5, 0.6) is 5.75 Å². The van der Waals surface area contributed by atoms with Gasteiger partial charge in [0.1, 0.15) is 5.75 Å². The van der Waals surface area contributed by atoms with Crippen molar-refractivity contribution in [2.75, 3.05) is 24.3 Å². The number of carbonyl (C=O) groups excluding carboxylic acids is 1. The van der Waals surface area contributed by atoms with Gasteiger partial charge < -0.3 is 20.9 Å². The van der Waals surface area contributed by atoms with Crippen LogP contribution in [-0.4, -0.2) is 24.2 Å². The molecule has 5 heteroatoms. The van der Waals surface area contributed by atoms with E-state index in [1.807, 2.05) is 6.92 Å². The zero-order valence-corrected chi connectivity index (χ0v) is 10.3. The second-order valence-electron chi connectivity index (χ2n) is 4.71. The molecule has 5 nitrogen and oxygen atoms in total. The second kappa shape index (κ2) is 5.27. The van der Waals surface area contributed by atoms with Gasteiger partial charge in [-0.25, -0.2) is 0 Å². The monoisotopic (exact) mass is 250 g/mol. The Morgan fingerprint density at radius 1 is 1.56 bits per heavy atom. The van der Waals surface area contributed by atoms with Crippen molar-refractivity contribution in [2.24, 2.45) is 11.8 Å². The first-order valence-electron chi connectivity index (χ1n) is 6.05. The Morgan fingerprint density at radius 3 is 3.06 bits per heavy atom. The molecule has 98 valence electrons. The average Bonchev–Trinajstić information content (AvgIpc) is 2.34. The van der Waals surface area contributed by atoms with E-state index in [0.29, 0.717) is 31.0 Å². The summed E-state index contributed by atoms with van der Waals surface area (Å²) in [5, 5.41) is 12.2. The van der Waals surface area contributed by atoms with Crippen LogP contribution in [0.25, 0.3) is 0 Å². The van der Waals surface area contributed by atoms with Gasteiger partial charge in [0.2, 0.25) is 5.91 Å². The zero-order chi connectivity index (χ0) is 13.1. The summed E-state index contributed by atoms with van der Waals surface area (Å²) in [6.45, 7) is 3.21. The maximum absolute atomic E-state index is 12.1. The second-order valence-corrected chi connectivity index (χ2v) is 4.71. The fourth-order valence-electron chi connectivity index (χ4n) is 2.15. The van der Waals surface area contributed by atoms with Crippen LogP contribution in [0.4, 0.5) is 11.4 Å². The van der Waals surface area contributed by atoms with Crippen molar-refractivity contribution in [3.05, 3.63) is 18.2 Å². The quantitative estimate of drug-likeness (QED) is 0.549. The van der Waals surface area contributed by atoms with E-state index in [1.54, 1.807) is 6.07 Å². The molecular weight excluding hydrogens is 232 g/mol. The Hall–Kier alpha value is -1.75. The van der Waals surface area contributed by atoms with Crippen LogP contribution in [0.15, 0.2) is 18.2 Å². The summed E-state index contributed by atoms with van der Waals surface area (Å²) in [4.78, 5) is 12.1. The van der Waals surface area contributed by atoms with Crippen molar-refractivity contribution in [3.63, 3.8) is 0 Å². The van der Waals surface area contributed by atoms with Gasteiger partial charge >= 0.3 is 0 Å². The number of ether oxygens (including phenoxy) is 1. The average molecular weight is 250 g/mol. The lowest BCUT2D eigenvalue weighted by atomic mass is 9.89. The third-order valence-electron chi connectivity index (χ3n) is 3.27. The van der Waals surface area contributed by atoms with E-state index in [9.17, 15) is 9.90 Å². The number of aromatic hydroxyl groups is 1. The zero-order valence-electron chi connectivity index (χ0n) is 10.3. The van der Waals surface area contributed by atoms with Crippen LogP contribution in [0, 0.1) is 11.8 Å². The summed E-state index contributed by atoms with van der Waals surface area (Å²) >= 11 is 0. The number of hydrogen-bond acceptors (Lipinski definition) is 4. The largest absolute Gasteiger partial charge is 0.508 e. The van der Waals surface area contributed by atoms with E-state index in [4.69, 9.17) is 10.5 Å². The van der Waals surface area contributed by atoms with Crippen LogP contribution in [0.3, 0.4) is 0 Å². The maximum Gasteiger partial charge on any atom is 0.227 e. The lowest BCUT2D eigenvalue weighted by Gasteiger charge is -2.27. The number of nitrogens with two attached hydrogens (primary N) is 1. The summed E-state index contributed by atoms with van der Waals surface area (Å²) in [6, 6.07) is 4.51. The smallest absolute Gasteiger partial charge is 0.227 e. The molecule has 1 amide bonds. The molecule has 1 aliphatic rings. The molecular formula is C13H18N2O3.